The van der Waals surface area contributed by atoms with E-state index in [1.807, 2.05) is 36.4 Å². The van der Waals surface area contributed by atoms with E-state index in [9.17, 15) is 0 Å². The van der Waals surface area contributed by atoms with Crippen molar-refractivity contribution in [2.75, 3.05) is 12.4 Å². The molecule has 1 aliphatic heterocycles. The zero-order valence-corrected chi connectivity index (χ0v) is 23.0. The molecule has 2 aliphatic rings. The lowest BCUT2D eigenvalue weighted by Crippen LogP contribution is -2.28. The maximum absolute atomic E-state index is 6.57. The molecule has 4 nitrogen and oxygen atoms in total. The van der Waals surface area contributed by atoms with Crippen molar-refractivity contribution in [3.05, 3.63) is 129 Å². The van der Waals surface area contributed by atoms with Gasteiger partial charge in [-0.1, -0.05) is 77.8 Å². The first-order valence-corrected chi connectivity index (χ1v) is 13.8. The van der Waals surface area contributed by atoms with Crippen LogP contribution in [-0.4, -0.2) is 13.3 Å². The Morgan fingerprint density at radius 3 is 2.56 bits per heavy atom. The molecule has 1 heterocycles. The van der Waals surface area contributed by atoms with Gasteiger partial charge in [-0.2, -0.15) is 0 Å². The van der Waals surface area contributed by atoms with Crippen molar-refractivity contribution in [3.8, 4) is 11.5 Å². The summed E-state index contributed by atoms with van der Waals surface area (Å²) < 4.78 is 11.5. The average molecular weight is 556 g/mol. The fraction of sp³-hybridized carbons (Fsp3) is 0.182. The van der Waals surface area contributed by atoms with Crippen LogP contribution in [0.1, 0.15) is 40.6 Å². The molecule has 0 unspecified atom stereocenters. The molecule has 4 aromatic carbocycles. The van der Waals surface area contributed by atoms with Crippen LogP contribution >= 0.6 is 23.2 Å². The Hall–Kier alpha value is -3.73. The predicted molar refractivity (Wildman–Crippen MR) is 160 cm³/mol. The molecule has 196 valence electrons. The van der Waals surface area contributed by atoms with Gasteiger partial charge < -0.3 is 14.8 Å². The van der Waals surface area contributed by atoms with Crippen LogP contribution in [0.2, 0.25) is 10.0 Å². The zero-order chi connectivity index (χ0) is 26.8. The minimum absolute atomic E-state index is 0.265. The SMILES string of the molecule is COc1cc(C=Nc2ccc([C@@H]3Nc4ccccc4[C@@H]4C=CC[C@@H]43)cc2)cc(Cl)c1OCc1ccc(Cl)cc1. The number of hydrogen-bond acceptors (Lipinski definition) is 4. The first-order chi connectivity index (χ1) is 19.1. The van der Waals surface area contributed by atoms with Crippen molar-refractivity contribution in [3.63, 3.8) is 0 Å². The molecule has 0 radical (unpaired) electrons. The Balaban J connectivity index is 1.16. The van der Waals surface area contributed by atoms with Gasteiger partial charge in [0.1, 0.15) is 6.61 Å². The smallest absolute Gasteiger partial charge is 0.180 e. The van der Waals surface area contributed by atoms with Crippen molar-refractivity contribution in [1.82, 2.24) is 0 Å². The summed E-state index contributed by atoms with van der Waals surface area (Å²) in [5, 5.41) is 4.93. The third kappa shape index (κ3) is 5.40. The number of methoxy groups -OCH3 is 1. The molecule has 0 saturated heterocycles. The van der Waals surface area contributed by atoms with Crippen molar-refractivity contribution in [1.29, 1.82) is 0 Å². The van der Waals surface area contributed by atoms with Crippen molar-refractivity contribution in [2.45, 2.75) is 25.0 Å². The summed E-state index contributed by atoms with van der Waals surface area (Å²) in [5.41, 5.74) is 6.57. The Labute approximate surface area is 238 Å². The zero-order valence-electron chi connectivity index (χ0n) is 21.5. The minimum atomic E-state index is 0.265. The Morgan fingerprint density at radius 2 is 1.77 bits per heavy atom. The number of ether oxygens (including phenoxy) is 2. The van der Waals surface area contributed by atoms with Gasteiger partial charge in [-0.25, -0.2) is 0 Å². The Kier molecular flexibility index (Phi) is 7.32. The molecule has 0 saturated carbocycles. The molecule has 4 aromatic rings. The van der Waals surface area contributed by atoms with Crippen LogP contribution in [0.25, 0.3) is 0 Å². The number of halogens is 2. The quantitative estimate of drug-likeness (QED) is 0.183. The lowest BCUT2D eigenvalue weighted by molar-refractivity contribution is 0.284. The van der Waals surface area contributed by atoms with E-state index < -0.39 is 0 Å². The first-order valence-electron chi connectivity index (χ1n) is 13.0. The van der Waals surface area contributed by atoms with Gasteiger partial charge in [0.15, 0.2) is 11.5 Å². The van der Waals surface area contributed by atoms with E-state index in [0.717, 1.165) is 23.2 Å². The number of para-hydroxylation sites is 1. The van der Waals surface area contributed by atoms with Gasteiger partial charge in [-0.3, -0.25) is 4.99 Å². The van der Waals surface area contributed by atoms with Crippen molar-refractivity contribution < 1.29 is 9.47 Å². The molecule has 0 fully saturated rings. The van der Waals surface area contributed by atoms with Crippen LogP contribution in [0.4, 0.5) is 11.4 Å². The molecular weight excluding hydrogens is 527 g/mol. The van der Waals surface area contributed by atoms with E-state index in [0.29, 0.717) is 40.0 Å². The van der Waals surface area contributed by atoms with Crippen molar-refractivity contribution in [2.24, 2.45) is 10.9 Å². The molecule has 0 spiro atoms. The molecule has 0 amide bonds. The van der Waals surface area contributed by atoms with Gasteiger partial charge in [0.2, 0.25) is 0 Å². The maximum atomic E-state index is 6.57. The number of nitrogens with one attached hydrogen (secondary N) is 1. The number of fused-ring (bicyclic) bond motifs is 3. The summed E-state index contributed by atoms with van der Waals surface area (Å²) in [4.78, 5) is 4.69. The van der Waals surface area contributed by atoms with Gasteiger partial charge in [0.25, 0.3) is 0 Å². The largest absolute Gasteiger partial charge is 0.493 e. The molecule has 1 N–H and O–H groups in total. The van der Waals surface area contributed by atoms with Gasteiger partial charge in [0, 0.05) is 22.8 Å². The summed E-state index contributed by atoms with van der Waals surface area (Å²) in [7, 11) is 1.60. The molecule has 0 aromatic heterocycles. The number of rotatable bonds is 7. The van der Waals surface area contributed by atoms with Gasteiger partial charge in [-0.05, 0) is 77.1 Å². The van der Waals surface area contributed by atoms with E-state index in [4.69, 9.17) is 32.7 Å². The molecule has 39 heavy (non-hydrogen) atoms. The number of hydrogen-bond donors (Lipinski definition) is 1. The molecule has 6 heteroatoms. The summed E-state index contributed by atoms with van der Waals surface area (Å²) in [5.74, 6) is 2.03. The fourth-order valence-corrected chi connectivity index (χ4v) is 5.88. The maximum Gasteiger partial charge on any atom is 0.180 e. The molecule has 6 rings (SSSR count). The van der Waals surface area contributed by atoms with E-state index in [-0.39, 0.29) is 6.04 Å². The second-order valence-corrected chi connectivity index (χ2v) is 10.7. The second-order valence-electron chi connectivity index (χ2n) is 9.86. The first kappa shape index (κ1) is 25.5. The molecular formula is C33H28Cl2N2O2. The van der Waals surface area contributed by atoms with E-state index in [1.165, 1.54) is 16.8 Å². The van der Waals surface area contributed by atoms with Gasteiger partial charge in [0.05, 0.1) is 23.9 Å². The van der Waals surface area contributed by atoms with E-state index in [1.54, 1.807) is 13.3 Å². The third-order valence-corrected chi connectivity index (χ3v) is 7.97. The highest BCUT2D eigenvalue weighted by atomic mass is 35.5. The average Bonchev–Trinajstić information content (AvgIpc) is 3.46. The monoisotopic (exact) mass is 554 g/mol. The number of nitrogens with zero attached hydrogens (tertiary/aromatic N) is 1. The number of aliphatic imine (C=N–C) groups is 1. The van der Waals surface area contributed by atoms with Crippen molar-refractivity contribution >= 4 is 40.8 Å². The van der Waals surface area contributed by atoms with Crippen LogP contribution in [-0.2, 0) is 6.61 Å². The van der Waals surface area contributed by atoms with Crippen LogP contribution in [0, 0.1) is 5.92 Å². The third-order valence-electron chi connectivity index (χ3n) is 7.44. The van der Waals surface area contributed by atoms with Crippen LogP contribution in [0.15, 0.2) is 102 Å². The topological polar surface area (TPSA) is 42.8 Å². The van der Waals surface area contributed by atoms with E-state index >= 15 is 0 Å². The molecule has 0 bridgehead atoms. The lowest BCUT2D eigenvalue weighted by Gasteiger charge is -2.37. The summed E-state index contributed by atoms with van der Waals surface area (Å²) in [6.45, 7) is 0.353. The standard InChI is InChI=1S/C33H28Cl2N2O2/c1-38-31-18-22(17-29(35)33(31)39-20-21-9-13-24(34)14-10-21)19-36-25-15-11-23(12-16-25)32-28-7-4-6-26(28)27-5-2-3-8-30(27)37-32/h2-6,8-19,26,28,32,37H,7,20H2,1H3/t26-,28-,32-/m0/s1. The highest BCUT2D eigenvalue weighted by Gasteiger charge is 2.37. The van der Waals surface area contributed by atoms with Gasteiger partial charge in [-0.15, -0.1) is 0 Å². The van der Waals surface area contributed by atoms with Crippen LogP contribution in [0.3, 0.4) is 0 Å². The second kappa shape index (κ2) is 11.2. The Morgan fingerprint density at radius 1 is 0.974 bits per heavy atom. The normalized spacial score (nSPS) is 19.4. The minimum Gasteiger partial charge on any atom is -0.493 e. The summed E-state index contributed by atoms with van der Waals surface area (Å²) in [6.07, 6.45) is 7.55. The number of anilines is 1. The highest BCUT2D eigenvalue weighted by molar-refractivity contribution is 6.32. The van der Waals surface area contributed by atoms with Gasteiger partial charge >= 0.3 is 0 Å². The summed E-state index contributed by atoms with van der Waals surface area (Å²) >= 11 is 12.5. The fourth-order valence-electron chi connectivity index (χ4n) is 5.48. The predicted octanol–water partition coefficient (Wildman–Crippen LogP) is 9.16. The van der Waals surface area contributed by atoms with Crippen LogP contribution < -0.4 is 14.8 Å². The Bertz CT molecular complexity index is 1530. The number of allylic oxidation sites excluding steroid dienone is 2. The molecule has 1 aliphatic carbocycles. The van der Waals surface area contributed by atoms with E-state index in [2.05, 4.69) is 71.0 Å². The summed E-state index contributed by atoms with van der Waals surface area (Å²) in [6, 6.07) is 28.6. The highest BCUT2D eigenvalue weighted by Crippen LogP contribution is 2.49. The molecule has 3 atom stereocenters. The number of benzene rings is 4. The lowest BCUT2D eigenvalue weighted by atomic mass is 9.77. The van der Waals surface area contributed by atoms with Crippen LogP contribution in [0.5, 0.6) is 11.5 Å².